The number of alkyl halides is 4. The minimum Gasteiger partial charge on any atom is -0.0838 e. The number of rotatable bonds is 2. The Hall–Kier alpha value is 1.14. The third kappa shape index (κ3) is 4.96. The molecule has 1 aromatic carbocycles. The van der Waals surface area contributed by atoms with Gasteiger partial charge in [0.1, 0.15) is 2.14 Å². The summed E-state index contributed by atoms with van der Waals surface area (Å²) in [5, 5.41) is 0. The lowest BCUT2D eigenvalue weighted by atomic mass is 10.1. The number of hydrogen-bond acceptors (Lipinski definition) is 0. The van der Waals surface area contributed by atoms with Crippen LogP contribution in [0.1, 0.15) is 16.8 Å². The highest BCUT2D eigenvalue weighted by Crippen LogP contribution is 2.44. The van der Waals surface area contributed by atoms with Crippen molar-refractivity contribution in [3.8, 4) is 0 Å². The monoisotopic (exact) mass is 432 g/mol. The zero-order chi connectivity index (χ0) is 9.90. The molecule has 0 unspecified atom stereocenters. The van der Waals surface area contributed by atoms with Crippen molar-refractivity contribution in [1.29, 1.82) is 0 Å². The number of benzene rings is 1. The molecular formula is C9H8Br4. The summed E-state index contributed by atoms with van der Waals surface area (Å²) in [5.41, 5.74) is 1.28. The molecule has 0 nitrogen and oxygen atoms in total. The first-order chi connectivity index (χ1) is 5.99. The molecule has 0 radical (unpaired) electrons. The Morgan fingerprint density at radius 1 is 1.08 bits per heavy atom. The minimum atomic E-state index is -0.184. The van der Waals surface area contributed by atoms with Crippen molar-refractivity contribution in [2.45, 2.75) is 13.4 Å². The van der Waals surface area contributed by atoms with Crippen molar-refractivity contribution in [1.82, 2.24) is 0 Å². The topological polar surface area (TPSA) is 0 Å². The van der Waals surface area contributed by atoms with Crippen LogP contribution in [0.2, 0.25) is 0 Å². The lowest BCUT2D eigenvalue weighted by Gasteiger charge is -2.16. The zero-order valence-electron chi connectivity index (χ0n) is 6.68. The Labute approximate surface area is 112 Å². The Morgan fingerprint density at radius 3 is 2.08 bits per heavy atom. The van der Waals surface area contributed by atoms with E-state index < -0.39 is 0 Å². The summed E-state index contributed by atoms with van der Waals surface area (Å²) in [6.45, 7) is 0. The molecule has 0 aliphatic rings. The van der Waals surface area contributed by atoms with Gasteiger partial charge in [-0.2, -0.15) is 0 Å². The molecule has 1 aromatic rings. The molecule has 0 bridgehead atoms. The van der Waals surface area contributed by atoms with E-state index in [1.165, 1.54) is 5.56 Å². The molecule has 0 aliphatic heterocycles. The molecule has 13 heavy (non-hydrogen) atoms. The molecular weight excluding hydrogens is 428 g/mol. The van der Waals surface area contributed by atoms with Crippen LogP contribution in [0.5, 0.6) is 0 Å². The SMILES string of the molecule is Br[C@H](CC(Br)(Br)Br)c1ccccc1. The fourth-order valence-corrected chi connectivity index (χ4v) is 4.05. The quantitative estimate of drug-likeness (QED) is 0.549. The van der Waals surface area contributed by atoms with E-state index in [-0.39, 0.29) is 2.14 Å². The van der Waals surface area contributed by atoms with Gasteiger partial charge in [0.2, 0.25) is 0 Å². The Kier molecular flexibility index (Phi) is 4.97. The van der Waals surface area contributed by atoms with Gasteiger partial charge < -0.3 is 0 Å². The van der Waals surface area contributed by atoms with Gasteiger partial charge in [-0.15, -0.1) is 0 Å². The average molecular weight is 436 g/mol. The fraction of sp³-hybridized carbons (Fsp3) is 0.333. The van der Waals surface area contributed by atoms with Gasteiger partial charge in [-0.05, 0) is 12.0 Å². The number of hydrogen-bond donors (Lipinski definition) is 0. The lowest BCUT2D eigenvalue weighted by Crippen LogP contribution is -2.03. The van der Waals surface area contributed by atoms with E-state index in [0.29, 0.717) is 4.83 Å². The molecule has 1 rings (SSSR count). The van der Waals surface area contributed by atoms with Crippen LogP contribution in [0.3, 0.4) is 0 Å². The predicted octanol–water partition coefficient (Wildman–Crippen LogP) is 5.35. The third-order valence-electron chi connectivity index (χ3n) is 1.57. The predicted molar refractivity (Wildman–Crippen MR) is 72.2 cm³/mol. The second-order valence-corrected chi connectivity index (χ2v) is 11.1. The van der Waals surface area contributed by atoms with Crippen LogP contribution >= 0.6 is 63.7 Å². The summed E-state index contributed by atoms with van der Waals surface area (Å²) in [6, 6.07) is 10.3. The summed E-state index contributed by atoms with van der Waals surface area (Å²) >= 11 is 14.1. The second kappa shape index (κ2) is 5.29. The first kappa shape index (κ1) is 12.2. The summed E-state index contributed by atoms with van der Waals surface area (Å²) in [7, 11) is 0. The van der Waals surface area contributed by atoms with E-state index in [0.717, 1.165) is 6.42 Å². The van der Waals surface area contributed by atoms with Crippen molar-refractivity contribution in [3.05, 3.63) is 35.9 Å². The Bertz CT molecular complexity index is 252. The van der Waals surface area contributed by atoms with Gasteiger partial charge in [-0.25, -0.2) is 0 Å². The minimum absolute atomic E-state index is 0.184. The van der Waals surface area contributed by atoms with Crippen LogP contribution in [0.4, 0.5) is 0 Å². The number of halogens is 4. The first-order valence-corrected chi connectivity index (χ1v) is 7.04. The zero-order valence-corrected chi connectivity index (χ0v) is 13.0. The van der Waals surface area contributed by atoms with Crippen LogP contribution in [0.15, 0.2) is 30.3 Å². The summed E-state index contributed by atoms with van der Waals surface area (Å²) < 4.78 is -0.184. The molecule has 0 aliphatic carbocycles. The molecule has 0 spiro atoms. The van der Waals surface area contributed by atoms with Crippen LogP contribution in [0, 0.1) is 0 Å². The molecule has 0 heterocycles. The van der Waals surface area contributed by atoms with Crippen molar-refractivity contribution < 1.29 is 0 Å². The van der Waals surface area contributed by atoms with Gasteiger partial charge in [0.15, 0.2) is 0 Å². The van der Waals surface area contributed by atoms with Crippen LogP contribution in [0.25, 0.3) is 0 Å². The lowest BCUT2D eigenvalue weighted by molar-refractivity contribution is 0.888. The molecule has 0 amide bonds. The smallest absolute Gasteiger partial charge is 0.0838 e. The van der Waals surface area contributed by atoms with E-state index in [1.807, 2.05) is 18.2 Å². The first-order valence-electron chi connectivity index (χ1n) is 3.75. The maximum absolute atomic E-state index is 3.63. The fourth-order valence-electron chi connectivity index (χ4n) is 0.983. The van der Waals surface area contributed by atoms with E-state index in [2.05, 4.69) is 75.9 Å². The largest absolute Gasteiger partial charge is 0.136 e. The molecule has 0 saturated heterocycles. The highest BCUT2D eigenvalue weighted by atomic mass is 80.0. The highest BCUT2D eigenvalue weighted by Gasteiger charge is 2.22. The second-order valence-electron chi connectivity index (χ2n) is 2.70. The van der Waals surface area contributed by atoms with Gasteiger partial charge in [0, 0.05) is 4.83 Å². The van der Waals surface area contributed by atoms with Crippen molar-refractivity contribution >= 4 is 63.7 Å². The van der Waals surface area contributed by atoms with E-state index in [9.17, 15) is 0 Å². The van der Waals surface area contributed by atoms with Crippen LogP contribution < -0.4 is 0 Å². The van der Waals surface area contributed by atoms with Gasteiger partial charge in [-0.1, -0.05) is 94.1 Å². The van der Waals surface area contributed by atoms with Crippen molar-refractivity contribution in [3.63, 3.8) is 0 Å². The summed E-state index contributed by atoms with van der Waals surface area (Å²) in [5.74, 6) is 0. The molecule has 0 aromatic heterocycles. The van der Waals surface area contributed by atoms with E-state index >= 15 is 0 Å². The normalized spacial score (nSPS) is 14.2. The molecule has 72 valence electrons. The van der Waals surface area contributed by atoms with Crippen molar-refractivity contribution in [2.24, 2.45) is 0 Å². The van der Waals surface area contributed by atoms with Gasteiger partial charge in [-0.3, -0.25) is 0 Å². The maximum atomic E-state index is 3.63. The maximum Gasteiger partial charge on any atom is 0.136 e. The molecule has 1 atom stereocenters. The Balaban J connectivity index is 2.64. The van der Waals surface area contributed by atoms with Gasteiger partial charge >= 0.3 is 0 Å². The van der Waals surface area contributed by atoms with Crippen LogP contribution in [-0.2, 0) is 0 Å². The highest BCUT2D eigenvalue weighted by molar-refractivity contribution is 9.39. The van der Waals surface area contributed by atoms with Crippen LogP contribution in [-0.4, -0.2) is 2.14 Å². The standard InChI is InChI=1S/C9H8Br4/c10-8(6-9(11,12)13)7-4-2-1-3-5-7/h1-5,8H,6H2/t8-/m1/s1. The van der Waals surface area contributed by atoms with E-state index in [1.54, 1.807) is 0 Å². The molecule has 4 heteroatoms. The Morgan fingerprint density at radius 2 is 1.62 bits per heavy atom. The molecule has 0 fully saturated rings. The third-order valence-corrected chi connectivity index (χ3v) is 3.40. The summed E-state index contributed by atoms with van der Waals surface area (Å²) in [6.07, 6.45) is 0.914. The van der Waals surface area contributed by atoms with Crippen molar-refractivity contribution in [2.75, 3.05) is 0 Å². The van der Waals surface area contributed by atoms with Gasteiger partial charge in [0.05, 0.1) is 0 Å². The van der Waals surface area contributed by atoms with E-state index in [4.69, 9.17) is 0 Å². The molecule has 0 saturated carbocycles. The molecule has 0 N–H and O–H groups in total. The van der Waals surface area contributed by atoms with Gasteiger partial charge in [0.25, 0.3) is 0 Å². The summed E-state index contributed by atoms with van der Waals surface area (Å²) in [4.78, 5) is 0.340. The average Bonchev–Trinajstić information content (AvgIpc) is 2.03.